The lowest BCUT2D eigenvalue weighted by Gasteiger charge is -2.23. The maximum atomic E-state index is 13.0. The SMILES string of the molecule is CCCCCCCCCCCCCC(=O)OCC(C)(C)C(=O)Nc1ccc(-c2nc3c(Cl)c(C(C)(C)C)[nH]n3n2)c(O)c1. The summed E-state index contributed by atoms with van der Waals surface area (Å²) in [5.74, 6) is -0.391. The van der Waals surface area contributed by atoms with Crippen molar-refractivity contribution < 1.29 is 19.4 Å². The molecule has 0 bridgehead atoms. The molecule has 3 N–H and O–H groups in total. The number of benzene rings is 1. The molecule has 2 aromatic heterocycles. The number of halogens is 1. The molecule has 10 heteroatoms. The number of rotatable bonds is 17. The Morgan fingerprint density at radius 3 is 2.14 bits per heavy atom. The Kier molecular flexibility index (Phi) is 12.5. The zero-order chi connectivity index (χ0) is 31.6. The number of fused-ring (bicyclic) bond motifs is 1. The van der Waals surface area contributed by atoms with E-state index in [4.69, 9.17) is 16.3 Å². The molecule has 43 heavy (non-hydrogen) atoms. The van der Waals surface area contributed by atoms with Gasteiger partial charge in [0.05, 0.1) is 16.7 Å². The molecule has 0 saturated carbocycles. The first-order valence-corrected chi connectivity index (χ1v) is 16.2. The van der Waals surface area contributed by atoms with E-state index < -0.39 is 5.41 Å². The molecule has 0 unspecified atom stereocenters. The zero-order valence-corrected chi connectivity index (χ0v) is 27.6. The third-order valence-corrected chi connectivity index (χ3v) is 8.04. The molecule has 0 aliphatic heterocycles. The minimum atomic E-state index is -0.952. The molecule has 1 aromatic carbocycles. The number of H-pyrrole nitrogens is 1. The summed E-state index contributed by atoms with van der Waals surface area (Å²) in [6, 6.07) is 4.75. The minimum Gasteiger partial charge on any atom is -0.507 e. The first-order valence-electron chi connectivity index (χ1n) is 15.8. The van der Waals surface area contributed by atoms with Crippen molar-refractivity contribution in [3.8, 4) is 17.1 Å². The highest BCUT2D eigenvalue weighted by atomic mass is 35.5. The third-order valence-electron chi connectivity index (χ3n) is 7.68. The maximum absolute atomic E-state index is 13.0. The number of nitrogens with one attached hydrogen (secondary N) is 2. The topological polar surface area (TPSA) is 122 Å². The normalized spacial score (nSPS) is 12.2. The summed E-state index contributed by atoms with van der Waals surface area (Å²) < 4.78 is 6.93. The fraction of sp³-hybridized carbons (Fsp3) is 0.636. The van der Waals surface area contributed by atoms with Gasteiger partial charge in [-0.05, 0) is 32.4 Å². The van der Waals surface area contributed by atoms with Crippen LogP contribution in [0.2, 0.25) is 5.02 Å². The van der Waals surface area contributed by atoms with Gasteiger partial charge in [-0.3, -0.25) is 14.7 Å². The summed E-state index contributed by atoms with van der Waals surface area (Å²) in [5, 5.41) is 21.6. The lowest BCUT2D eigenvalue weighted by Crippen LogP contribution is -2.35. The molecular formula is C33H50ClN5O4. The predicted octanol–water partition coefficient (Wildman–Crippen LogP) is 8.59. The van der Waals surface area contributed by atoms with E-state index in [1.807, 2.05) is 20.8 Å². The number of phenolic OH excluding ortho intramolecular Hbond substituents is 1. The summed E-state index contributed by atoms with van der Waals surface area (Å²) in [7, 11) is 0. The maximum Gasteiger partial charge on any atom is 0.305 e. The van der Waals surface area contributed by atoms with E-state index in [1.165, 1.54) is 62.1 Å². The van der Waals surface area contributed by atoms with Crippen LogP contribution >= 0.6 is 11.6 Å². The Bertz CT molecular complexity index is 1360. The van der Waals surface area contributed by atoms with Crippen molar-refractivity contribution in [2.45, 2.75) is 124 Å². The first-order chi connectivity index (χ1) is 20.3. The van der Waals surface area contributed by atoms with E-state index in [2.05, 4.69) is 27.4 Å². The van der Waals surface area contributed by atoms with Crippen molar-refractivity contribution in [3.63, 3.8) is 0 Å². The van der Waals surface area contributed by atoms with E-state index in [1.54, 1.807) is 26.0 Å². The van der Waals surface area contributed by atoms with Gasteiger partial charge in [0.2, 0.25) is 5.91 Å². The second kappa shape index (κ2) is 15.6. The van der Waals surface area contributed by atoms with Crippen LogP contribution in [-0.2, 0) is 19.7 Å². The molecule has 0 saturated heterocycles. The third kappa shape index (κ3) is 9.98. The molecule has 3 rings (SSSR count). The van der Waals surface area contributed by atoms with Crippen molar-refractivity contribution in [2.24, 2.45) is 5.41 Å². The van der Waals surface area contributed by atoms with Crippen molar-refractivity contribution in [1.82, 2.24) is 19.8 Å². The van der Waals surface area contributed by atoms with Gasteiger partial charge in [-0.15, -0.1) is 5.10 Å². The monoisotopic (exact) mass is 615 g/mol. The number of aromatic hydroxyl groups is 1. The molecular weight excluding hydrogens is 566 g/mol. The van der Waals surface area contributed by atoms with Gasteiger partial charge in [-0.2, -0.15) is 4.63 Å². The number of amides is 1. The molecule has 1 amide bonds. The number of hydrogen-bond acceptors (Lipinski definition) is 6. The van der Waals surface area contributed by atoms with Crippen LogP contribution < -0.4 is 5.32 Å². The molecule has 2 heterocycles. The summed E-state index contributed by atoms with van der Waals surface area (Å²) in [6.07, 6.45) is 13.8. The Morgan fingerprint density at radius 1 is 0.977 bits per heavy atom. The Balaban J connectivity index is 1.42. The van der Waals surface area contributed by atoms with Crippen LogP contribution in [0, 0.1) is 5.41 Å². The second-order valence-electron chi connectivity index (χ2n) is 13.2. The van der Waals surface area contributed by atoms with E-state index in [0.717, 1.165) is 25.0 Å². The van der Waals surface area contributed by atoms with E-state index >= 15 is 0 Å². The van der Waals surface area contributed by atoms with Gasteiger partial charge in [0.25, 0.3) is 0 Å². The molecule has 238 valence electrons. The number of hydrogen-bond donors (Lipinski definition) is 3. The first kappa shape index (κ1) is 34.4. The average molecular weight is 616 g/mol. The molecule has 0 spiro atoms. The number of anilines is 1. The molecule has 0 aliphatic carbocycles. The lowest BCUT2D eigenvalue weighted by atomic mass is 9.92. The van der Waals surface area contributed by atoms with Crippen molar-refractivity contribution >= 4 is 34.8 Å². The molecule has 0 aliphatic rings. The molecule has 9 nitrogen and oxygen atoms in total. The molecule has 0 radical (unpaired) electrons. The Morgan fingerprint density at radius 2 is 1.58 bits per heavy atom. The van der Waals surface area contributed by atoms with Gasteiger partial charge in [-0.1, -0.05) is 104 Å². The Labute approximate surface area is 261 Å². The van der Waals surface area contributed by atoms with E-state index in [0.29, 0.717) is 34.2 Å². The standard InChI is InChI=1S/C33H50ClN5O4/c1-7-8-9-10-11-12-13-14-15-16-17-18-26(41)43-22-33(5,6)31(42)35-23-19-20-24(25(40)21-23)29-36-30-27(34)28(32(2,3)4)37-39(30)38-29/h19-21,37,40H,7-18,22H2,1-6H3,(H,35,42). The van der Waals surface area contributed by atoms with Gasteiger partial charge in [0.15, 0.2) is 11.5 Å². The highest BCUT2D eigenvalue weighted by molar-refractivity contribution is 6.34. The quantitative estimate of drug-likeness (QED) is 0.103. The Hall–Kier alpha value is -3.07. The van der Waals surface area contributed by atoms with E-state index in [-0.39, 0.29) is 29.6 Å². The van der Waals surface area contributed by atoms with Crippen LogP contribution in [-0.4, -0.2) is 43.4 Å². The van der Waals surface area contributed by atoms with E-state index in [9.17, 15) is 14.7 Å². The fourth-order valence-electron chi connectivity index (χ4n) is 4.84. The van der Waals surface area contributed by atoms with Crippen LogP contribution in [0.4, 0.5) is 5.69 Å². The van der Waals surface area contributed by atoms with Crippen LogP contribution in [0.1, 0.15) is 124 Å². The van der Waals surface area contributed by atoms with Crippen molar-refractivity contribution in [3.05, 3.63) is 28.9 Å². The highest BCUT2D eigenvalue weighted by Crippen LogP contribution is 2.34. The highest BCUT2D eigenvalue weighted by Gasteiger charge is 2.30. The van der Waals surface area contributed by atoms with Gasteiger partial charge < -0.3 is 15.2 Å². The van der Waals surface area contributed by atoms with Crippen LogP contribution in [0.25, 0.3) is 17.0 Å². The summed E-state index contributed by atoms with van der Waals surface area (Å²) in [4.78, 5) is 29.7. The van der Waals surface area contributed by atoms with Gasteiger partial charge >= 0.3 is 5.97 Å². The number of phenols is 1. The van der Waals surface area contributed by atoms with Crippen LogP contribution in [0.15, 0.2) is 18.2 Å². The van der Waals surface area contributed by atoms with Crippen LogP contribution in [0.5, 0.6) is 5.75 Å². The molecule has 0 atom stereocenters. The van der Waals surface area contributed by atoms with Gasteiger partial charge in [-0.25, -0.2) is 4.98 Å². The summed E-state index contributed by atoms with van der Waals surface area (Å²) in [5.41, 5.74) is 0.939. The van der Waals surface area contributed by atoms with Gasteiger partial charge in [0, 0.05) is 23.6 Å². The largest absolute Gasteiger partial charge is 0.507 e. The number of aromatic amines is 1. The number of unbranched alkanes of at least 4 members (excludes halogenated alkanes) is 10. The van der Waals surface area contributed by atoms with Gasteiger partial charge in [0.1, 0.15) is 17.4 Å². The predicted molar refractivity (Wildman–Crippen MR) is 173 cm³/mol. The number of esters is 1. The summed E-state index contributed by atoms with van der Waals surface area (Å²) >= 11 is 6.52. The average Bonchev–Trinajstić information content (AvgIpc) is 3.49. The fourth-order valence-corrected chi connectivity index (χ4v) is 5.29. The minimum absolute atomic E-state index is 0.0261. The van der Waals surface area contributed by atoms with Crippen molar-refractivity contribution in [2.75, 3.05) is 11.9 Å². The second-order valence-corrected chi connectivity index (χ2v) is 13.6. The number of ether oxygens (including phenoxy) is 1. The molecule has 3 aromatic rings. The molecule has 0 fully saturated rings. The lowest BCUT2D eigenvalue weighted by molar-refractivity contribution is -0.148. The van der Waals surface area contributed by atoms with Crippen LogP contribution in [0.3, 0.4) is 0 Å². The summed E-state index contributed by atoms with van der Waals surface area (Å²) in [6.45, 7) is 11.8. The van der Waals surface area contributed by atoms with Crippen molar-refractivity contribution in [1.29, 1.82) is 0 Å². The number of nitrogens with zero attached hydrogens (tertiary/aromatic N) is 3. The zero-order valence-electron chi connectivity index (χ0n) is 26.8. The smallest absolute Gasteiger partial charge is 0.305 e. The number of carbonyl (C=O) groups is 2. The number of carbonyl (C=O) groups excluding carboxylic acids is 2. The number of aromatic nitrogens is 4.